The second-order valence-corrected chi connectivity index (χ2v) is 6.73. The summed E-state index contributed by atoms with van der Waals surface area (Å²) in [6.07, 6.45) is 5.07. The van der Waals surface area contributed by atoms with Gasteiger partial charge in [0, 0.05) is 17.7 Å². The van der Waals surface area contributed by atoms with E-state index < -0.39 is 4.92 Å². The number of nitrogens with zero attached hydrogens (tertiary/aromatic N) is 2. The summed E-state index contributed by atoms with van der Waals surface area (Å²) in [5.41, 5.74) is 0.576. The van der Waals surface area contributed by atoms with Crippen LogP contribution in [0.5, 0.6) is 0 Å². The smallest absolute Gasteiger partial charge is 0.293 e. The molecule has 0 saturated heterocycles. The van der Waals surface area contributed by atoms with Crippen LogP contribution in [-0.2, 0) is 13.1 Å². The standard InChI is InChI=1S/C20H19N3O5/c24-20(14-5-8-18(21-15-6-7-15)19(11-14)23(25)26)22(12-16-3-1-9-27-16)13-17-4-2-10-28-17/h1-5,8-11,15,21H,6-7,12-13H2. The summed E-state index contributed by atoms with van der Waals surface area (Å²) in [4.78, 5) is 25.7. The Morgan fingerprint density at radius 1 is 1.11 bits per heavy atom. The average Bonchev–Trinajstić information content (AvgIpc) is 3.13. The van der Waals surface area contributed by atoms with Gasteiger partial charge in [0.05, 0.1) is 30.5 Å². The molecule has 8 heteroatoms. The van der Waals surface area contributed by atoms with Gasteiger partial charge in [-0.2, -0.15) is 0 Å². The molecule has 144 valence electrons. The minimum Gasteiger partial charge on any atom is -0.467 e. The third-order valence-electron chi connectivity index (χ3n) is 4.52. The van der Waals surface area contributed by atoms with E-state index in [1.165, 1.54) is 23.5 Å². The fraction of sp³-hybridized carbons (Fsp3) is 0.250. The van der Waals surface area contributed by atoms with Crippen molar-refractivity contribution < 1.29 is 18.6 Å². The summed E-state index contributed by atoms with van der Waals surface area (Å²) in [6.45, 7) is 0.449. The number of rotatable bonds is 8. The van der Waals surface area contributed by atoms with Crippen LogP contribution in [0.15, 0.2) is 63.8 Å². The van der Waals surface area contributed by atoms with Gasteiger partial charge in [-0.3, -0.25) is 14.9 Å². The predicted molar refractivity (Wildman–Crippen MR) is 101 cm³/mol. The Hall–Kier alpha value is -3.55. The van der Waals surface area contributed by atoms with Crippen molar-refractivity contribution >= 4 is 17.3 Å². The number of nitro benzene ring substituents is 1. The zero-order valence-electron chi connectivity index (χ0n) is 15.0. The first-order valence-corrected chi connectivity index (χ1v) is 8.99. The molecule has 0 radical (unpaired) electrons. The molecule has 3 aromatic rings. The largest absolute Gasteiger partial charge is 0.467 e. The Morgan fingerprint density at radius 3 is 2.25 bits per heavy atom. The molecule has 1 aliphatic rings. The van der Waals surface area contributed by atoms with E-state index in [-0.39, 0.29) is 36.3 Å². The zero-order valence-corrected chi connectivity index (χ0v) is 15.0. The molecule has 1 amide bonds. The number of furan rings is 2. The summed E-state index contributed by atoms with van der Waals surface area (Å²) in [7, 11) is 0. The third kappa shape index (κ3) is 4.06. The lowest BCUT2D eigenvalue weighted by atomic mass is 10.1. The maximum atomic E-state index is 13.1. The van der Waals surface area contributed by atoms with Crippen molar-refractivity contribution in [2.75, 3.05) is 5.32 Å². The quantitative estimate of drug-likeness (QED) is 0.463. The molecule has 1 N–H and O–H groups in total. The molecule has 0 bridgehead atoms. The van der Waals surface area contributed by atoms with Gasteiger partial charge in [0.1, 0.15) is 17.2 Å². The molecular formula is C20H19N3O5. The van der Waals surface area contributed by atoms with Crippen molar-refractivity contribution in [1.29, 1.82) is 0 Å². The highest BCUT2D eigenvalue weighted by Crippen LogP contribution is 2.32. The number of carbonyl (C=O) groups excluding carboxylic acids is 1. The van der Waals surface area contributed by atoms with Gasteiger partial charge < -0.3 is 19.1 Å². The average molecular weight is 381 g/mol. The van der Waals surface area contributed by atoms with Crippen molar-refractivity contribution in [1.82, 2.24) is 4.90 Å². The lowest BCUT2D eigenvalue weighted by Gasteiger charge is -2.21. The van der Waals surface area contributed by atoms with Gasteiger partial charge in [0.15, 0.2) is 0 Å². The van der Waals surface area contributed by atoms with E-state index in [4.69, 9.17) is 8.83 Å². The molecule has 1 aliphatic carbocycles. The first-order chi connectivity index (χ1) is 13.6. The van der Waals surface area contributed by atoms with Crippen LogP contribution in [0.2, 0.25) is 0 Å². The molecule has 4 rings (SSSR count). The molecule has 1 saturated carbocycles. The number of anilines is 1. The Morgan fingerprint density at radius 2 is 1.75 bits per heavy atom. The van der Waals surface area contributed by atoms with Crippen LogP contribution in [0.1, 0.15) is 34.7 Å². The molecule has 1 aromatic carbocycles. The fourth-order valence-electron chi connectivity index (χ4n) is 2.95. The number of carbonyl (C=O) groups is 1. The van der Waals surface area contributed by atoms with Gasteiger partial charge >= 0.3 is 0 Å². The van der Waals surface area contributed by atoms with Gasteiger partial charge in [-0.15, -0.1) is 0 Å². The topological polar surface area (TPSA) is 102 Å². The summed E-state index contributed by atoms with van der Waals surface area (Å²) < 4.78 is 10.7. The van der Waals surface area contributed by atoms with Gasteiger partial charge in [-0.1, -0.05) is 0 Å². The van der Waals surface area contributed by atoms with E-state index in [9.17, 15) is 14.9 Å². The normalized spacial score (nSPS) is 13.3. The molecule has 28 heavy (non-hydrogen) atoms. The molecule has 2 aromatic heterocycles. The molecule has 0 spiro atoms. The molecule has 0 atom stereocenters. The van der Waals surface area contributed by atoms with E-state index in [2.05, 4.69) is 5.32 Å². The highest BCUT2D eigenvalue weighted by molar-refractivity contribution is 5.95. The second kappa shape index (κ2) is 7.59. The third-order valence-corrected chi connectivity index (χ3v) is 4.52. The Kier molecular flexibility index (Phi) is 4.84. The highest BCUT2D eigenvalue weighted by Gasteiger charge is 2.27. The lowest BCUT2D eigenvalue weighted by molar-refractivity contribution is -0.384. The molecule has 2 heterocycles. The monoisotopic (exact) mass is 381 g/mol. The van der Waals surface area contributed by atoms with Crippen molar-refractivity contribution in [2.24, 2.45) is 0 Å². The van der Waals surface area contributed by atoms with Crippen molar-refractivity contribution in [2.45, 2.75) is 32.0 Å². The highest BCUT2D eigenvalue weighted by atomic mass is 16.6. The van der Waals surface area contributed by atoms with Crippen LogP contribution < -0.4 is 5.32 Å². The Bertz CT molecular complexity index is 926. The lowest BCUT2D eigenvalue weighted by Crippen LogP contribution is -2.30. The van der Waals surface area contributed by atoms with E-state index in [1.807, 2.05) is 0 Å². The van der Waals surface area contributed by atoms with E-state index in [0.717, 1.165) is 12.8 Å². The number of amides is 1. The van der Waals surface area contributed by atoms with Crippen molar-refractivity contribution in [3.05, 3.63) is 82.2 Å². The van der Waals surface area contributed by atoms with Gasteiger partial charge in [-0.25, -0.2) is 0 Å². The molecule has 8 nitrogen and oxygen atoms in total. The Labute approximate surface area is 160 Å². The van der Waals surface area contributed by atoms with Crippen LogP contribution in [0, 0.1) is 10.1 Å². The van der Waals surface area contributed by atoms with Crippen LogP contribution in [-0.4, -0.2) is 21.8 Å². The van der Waals surface area contributed by atoms with Crippen LogP contribution in [0.25, 0.3) is 0 Å². The number of hydrogen-bond donors (Lipinski definition) is 1. The van der Waals surface area contributed by atoms with E-state index >= 15 is 0 Å². The zero-order chi connectivity index (χ0) is 19.5. The molecule has 0 aliphatic heterocycles. The van der Waals surface area contributed by atoms with E-state index in [0.29, 0.717) is 17.2 Å². The number of hydrogen-bond acceptors (Lipinski definition) is 6. The van der Waals surface area contributed by atoms with Gasteiger partial charge in [-0.05, 0) is 49.2 Å². The van der Waals surface area contributed by atoms with Crippen molar-refractivity contribution in [3.63, 3.8) is 0 Å². The minimum absolute atomic E-state index is 0.103. The maximum Gasteiger partial charge on any atom is 0.293 e. The number of nitrogens with one attached hydrogen (secondary N) is 1. The summed E-state index contributed by atoms with van der Waals surface area (Å²) >= 11 is 0. The summed E-state index contributed by atoms with van der Waals surface area (Å²) in [5.74, 6) is 0.886. The maximum absolute atomic E-state index is 13.1. The van der Waals surface area contributed by atoms with E-state index in [1.54, 1.807) is 36.4 Å². The molecule has 0 unspecified atom stereocenters. The number of benzene rings is 1. The molecular weight excluding hydrogens is 362 g/mol. The minimum atomic E-state index is -0.467. The fourth-order valence-corrected chi connectivity index (χ4v) is 2.95. The van der Waals surface area contributed by atoms with Crippen LogP contribution in [0.3, 0.4) is 0 Å². The van der Waals surface area contributed by atoms with Gasteiger partial charge in [0.2, 0.25) is 0 Å². The number of nitro groups is 1. The first-order valence-electron chi connectivity index (χ1n) is 8.99. The van der Waals surface area contributed by atoms with Crippen LogP contribution >= 0.6 is 0 Å². The summed E-state index contributed by atoms with van der Waals surface area (Å²) in [6, 6.07) is 11.8. The first kappa shape index (κ1) is 17.8. The second-order valence-electron chi connectivity index (χ2n) is 6.73. The predicted octanol–water partition coefficient (Wildman–Crippen LogP) is 4.20. The SMILES string of the molecule is O=C(c1ccc(NC2CC2)c([N+](=O)[O-])c1)N(Cc1ccco1)Cc1ccco1. The van der Waals surface area contributed by atoms with Crippen molar-refractivity contribution in [3.8, 4) is 0 Å². The van der Waals surface area contributed by atoms with Crippen LogP contribution in [0.4, 0.5) is 11.4 Å². The molecule has 1 fully saturated rings. The summed E-state index contributed by atoms with van der Waals surface area (Å²) in [5, 5.41) is 14.6. The van der Waals surface area contributed by atoms with Gasteiger partial charge in [0.25, 0.3) is 11.6 Å². The Balaban J connectivity index is 1.61.